The van der Waals surface area contributed by atoms with Crippen LogP contribution >= 0.6 is 0 Å². The molecule has 0 rings (SSSR count). The Labute approximate surface area is 59.2 Å². The van der Waals surface area contributed by atoms with Gasteiger partial charge < -0.3 is 5.11 Å². The molecule has 1 N–H and O–H groups in total. The summed E-state index contributed by atoms with van der Waals surface area (Å²) in [7, 11) is 0. The van der Waals surface area contributed by atoms with E-state index in [-0.39, 0.29) is 28.7 Å². The van der Waals surface area contributed by atoms with E-state index in [2.05, 4.69) is 0 Å². The van der Waals surface area contributed by atoms with E-state index < -0.39 is 6.10 Å². The number of hydrogen-bond acceptors (Lipinski definition) is 2. The molecule has 0 saturated heterocycles. The standard InChI is InChI=1S/C5H10O2.Ni/c1-4(6)3-5(2)7;/h4,6H,3H2,1-2H3;. The maximum Gasteiger partial charge on any atom is 0.132 e. The van der Waals surface area contributed by atoms with E-state index in [1.54, 1.807) is 6.92 Å². The van der Waals surface area contributed by atoms with Crippen LogP contribution in [0.25, 0.3) is 0 Å². The number of carbonyl (C=O) groups is 1. The number of carbonyl (C=O) groups excluding carboxylic acids is 1. The Bertz CT molecular complexity index is 70.8. The molecule has 2 nitrogen and oxygen atoms in total. The van der Waals surface area contributed by atoms with Crippen molar-refractivity contribution in [3.05, 3.63) is 0 Å². The van der Waals surface area contributed by atoms with E-state index in [4.69, 9.17) is 5.11 Å². The topological polar surface area (TPSA) is 37.3 Å². The third kappa shape index (κ3) is 9.45. The van der Waals surface area contributed by atoms with Gasteiger partial charge in [0, 0.05) is 22.9 Å². The first-order valence-electron chi connectivity index (χ1n) is 2.30. The molecule has 0 spiro atoms. The van der Waals surface area contributed by atoms with Crippen LogP contribution in [-0.4, -0.2) is 17.0 Å². The predicted octanol–water partition coefficient (Wildman–Crippen LogP) is 0.344. The Balaban J connectivity index is 0. The Kier molecular flexibility index (Phi) is 7.23. The SMILES string of the molecule is CC(=O)CC(C)O.[Ni]. The van der Waals surface area contributed by atoms with E-state index in [0.29, 0.717) is 0 Å². The van der Waals surface area contributed by atoms with Crippen molar-refractivity contribution in [2.24, 2.45) is 0 Å². The first kappa shape index (κ1) is 11.0. The Morgan fingerprint density at radius 3 is 2.12 bits per heavy atom. The molecule has 0 bridgehead atoms. The van der Waals surface area contributed by atoms with Gasteiger partial charge in [-0.3, -0.25) is 4.79 Å². The second-order valence-corrected chi connectivity index (χ2v) is 1.76. The van der Waals surface area contributed by atoms with Crippen LogP contribution in [-0.2, 0) is 21.3 Å². The summed E-state index contributed by atoms with van der Waals surface area (Å²) in [6, 6.07) is 0. The molecule has 0 amide bonds. The van der Waals surface area contributed by atoms with Gasteiger partial charge in [0.25, 0.3) is 0 Å². The minimum atomic E-state index is -0.475. The van der Waals surface area contributed by atoms with Gasteiger partial charge in [-0.15, -0.1) is 0 Å². The van der Waals surface area contributed by atoms with E-state index in [1.165, 1.54) is 6.92 Å². The monoisotopic (exact) mass is 160 g/mol. The molecule has 0 aromatic heterocycles. The molecule has 0 heterocycles. The molecule has 0 aliphatic heterocycles. The minimum absolute atomic E-state index is 0. The fourth-order valence-corrected chi connectivity index (χ4v) is 0.416. The van der Waals surface area contributed by atoms with Crippen LogP contribution in [0, 0.1) is 0 Å². The average Bonchev–Trinajstić information content (AvgIpc) is 1.27. The van der Waals surface area contributed by atoms with Gasteiger partial charge in [0.05, 0.1) is 6.10 Å². The minimum Gasteiger partial charge on any atom is -0.393 e. The third-order valence-electron chi connectivity index (χ3n) is 0.583. The number of ketones is 1. The van der Waals surface area contributed by atoms with Gasteiger partial charge in [0.2, 0.25) is 0 Å². The van der Waals surface area contributed by atoms with Crippen molar-refractivity contribution in [1.82, 2.24) is 0 Å². The van der Waals surface area contributed by atoms with Crippen LogP contribution in [0.3, 0.4) is 0 Å². The predicted molar refractivity (Wildman–Crippen MR) is 27.0 cm³/mol. The van der Waals surface area contributed by atoms with Gasteiger partial charge in [-0.25, -0.2) is 0 Å². The molecule has 0 fully saturated rings. The smallest absolute Gasteiger partial charge is 0.132 e. The largest absolute Gasteiger partial charge is 0.393 e. The summed E-state index contributed by atoms with van der Waals surface area (Å²) in [6.07, 6.45) is -0.197. The van der Waals surface area contributed by atoms with E-state index in [0.717, 1.165) is 0 Å². The van der Waals surface area contributed by atoms with Crippen LogP contribution in [0.15, 0.2) is 0 Å². The molecule has 0 aromatic rings. The average molecular weight is 161 g/mol. The van der Waals surface area contributed by atoms with Crippen molar-refractivity contribution >= 4 is 5.78 Å². The van der Waals surface area contributed by atoms with Gasteiger partial charge in [0.1, 0.15) is 5.78 Å². The van der Waals surface area contributed by atoms with Gasteiger partial charge in [-0.05, 0) is 13.8 Å². The molecule has 52 valence electrons. The zero-order valence-corrected chi connectivity index (χ0v) is 5.94. The summed E-state index contributed by atoms with van der Waals surface area (Å²) in [4.78, 5) is 10.1. The molecule has 8 heavy (non-hydrogen) atoms. The van der Waals surface area contributed by atoms with Crippen molar-refractivity contribution in [3.63, 3.8) is 0 Å². The molecule has 0 aliphatic carbocycles. The fraction of sp³-hybridized carbons (Fsp3) is 0.800. The number of aliphatic hydroxyl groups is 1. The van der Waals surface area contributed by atoms with Crippen molar-refractivity contribution < 1.29 is 26.4 Å². The molecule has 1 atom stereocenters. The summed E-state index contributed by atoms with van der Waals surface area (Å²) in [5.74, 6) is 0.0370. The molecular formula is C5H10NiO2. The molecule has 0 aromatic carbocycles. The second-order valence-electron chi connectivity index (χ2n) is 1.76. The van der Waals surface area contributed by atoms with Crippen LogP contribution in [0.4, 0.5) is 0 Å². The summed E-state index contributed by atoms with van der Waals surface area (Å²) in [5, 5.41) is 8.50. The van der Waals surface area contributed by atoms with E-state index in [9.17, 15) is 4.79 Å². The first-order valence-corrected chi connectivity index (χ1v) is 2.30. The Morgan fingerprint density at radius 1 is 1.75 bits per heavy atom. The molecule has 0 radical (unpaired) electrons. The van der Waals surface area contributed by atoms with Gasteiger partial charge in [-0.2, -0.15) is 0 Å². The molecule has 0 aliphatic rings. The first-order chi connectivity index (χ1) is 3.13. The van der Waals surface area contributed by atoms with Gasteiger partial charge in [-0.1, -0.05) is 0 Å². The van der Waals surface area contributed by atoms with Crippen molar-refractivity contribution in [2.75, 3.05) is 0 Å². The number of hydrogen-bond donors (Lipinski definition) is 1. The van der Waals surface area contributed by atoms with Crippen molar-refractivity contribution in [2.45, 2.75) is 26.4 Å². The Hall–Kier alpha value is 0.124. The van der Waals surface area contributed by atoms with Crippen LogP contribution in [0.2, 0.25) is 0 Å². The number of aliphatic hydroxyl groups excluding tert-OH is 1. The van der Waals surface area contributed by atoms with E-state index in [1.807, 2.05) is 0 Å². The maximum atomic E-state index is 10.1. The molecule has 1 unspecified atom stereocenters. The van der Waals surface area contributed by atoms with Crippen LogP contribution in [0.1, 0.15) is 20.3 Å². The molecular weight excluding hydrogens is 151 g/mol. The van der Waals surface area contributed by atoms with Crippen molar-refractivity contribution in [3.8, 4) is 0 Å². The van der Waals surface area contributed by atoms with Crippen molar-refractivity contribution in [1.29, 1.82) is 0 Å². The molecule has 0 saturated carbocycles. The van der Waals surface area contributed by atoms with Crippen LogP contribution < -0.4 is 0 Å². The summed E-state index contributed by atoms with van der Waals surface area (Å²) >= 11 is 0. The zero-order chi connectivity index (χ0) is 5.86. The maximum absolute atomic E-state index is 10.1. The fourth-order valence-electron chi connectivity index (χ4n) is 0.416. The second kappa shape index (κ2) is 5.26. The van der Waals surface area contributed by atoms with Gasteiger partial charge >= 0.3 is 0 Å². The number of rotatable bonds is 2. The summed E-state index contributed by atoms with van der Waals surface area (Å²) < 4.78 is 0. The van der Waals surface area contributed by atoms with E-state index >= 15 is 0 Å². The van der Waals surface area contributed by atoms with Gasteiger partial charge in [0.15, 0.2) is 0 Å². The Morgan fingerprint density at radius 2 is 2.12 bits per heavy atom. The number of Topliss-reactive ketones (excluding diaryl/α,β-unsaturated/α-hetero) is 1. The summed E-state index contributed by atoms with van der Waals surface area (Å²) in [5.41, 5.74) is 0. The summed E-state index contributed by atoms with van der Waals surface area (Å²) in [6.45, 7) is 3.06. The quantitative estimate of drug-likeness (QED) is 0.592. The normalized spacial score (nSPS) is 11.9. The van der Waals surface area contributed by atoms with Crippen LogP contribution in [0.5, 0.6) is 0 Å². The zero-order valence-electron chi connectivity index (χ0n) is 4.96. The third-order valence-corrected chi connectivity index (χ3v) is 0.583. The molecule has 3 heteroatoms.